The number of carbonyl (C=O) groups excluding carboxylic acids is 2. The predicted octanol–water partition coefficient (Wildman–Crippen LogP) is 2.75. The average Bonchev–Trinajstić information content (AvgIpc) is 2.70. The molecule has 0 saturated heterocycles. The lowest BCUT2D eigenvalue weighted by atomic mass is 9.82. The zero-order chi connectivity index (χ0) is 15.5. The Morgan fingerprint density at radius 2 is 1.77 bits per heavy atom. The maximum atomic E-state index is 12.5. The van der Waals surface area contributed by atoms with Crippen molar-refractivity contribution in [3.8, 4) is 0 Å². The number of esters is 1. The van der Waals surface area contributed by atoms with Crippen molar-refractivity contribution < 1.29 is 14.3 Å². The highest BCUT2D eigenvalue weighted by molar-refractivity contribution is 6.06. The molecule has 0 aromatic heterocycles. The van der Waals surface area contributed by atoms with E-state index in [0.29, 0.717) is 6.42 Å². The van der Waals surface area contributed by atoms with E-state index in [1.165, 1.54) is 7.11 Å². The highest BCUT2D eigenvalue weighted by atomic mass is 16.5. The number of fused-ring (bicyclic) bond motifs is 1. The third-order valence-corrected chi connectivity index (χ3v) is 4.08. The molecule has 0 aliphatic carbocycles. The molecule has 0 spiro atoms. The van der Waals surface area contributed by atoms with Crippen LogP contribution in [0.25, 0.3) is 0 Å². The molecule has 22 heavy (non-hydrogen) atoms. The summed E-state index contributed by atoms with van der Waals surface area (Å²) >= 11 is 0. The minimum Gasteiger partial charge on any atom is -0.468 e. The van der Waals surface area contributed by atoms with Crippen molar-refractivity contribution >= 4 is 17.6 Å². The van der Waals surface area contributed by atoms with Crippen molar-refractivity contribution in [3.05, 3.63) is 65.7 Å². The van der Waals surface area contributed by atoms with E-state index in [-0.39, 0.29) is 11.8 Å². The second-order valence-electron chi connectivity index (χ2n) is 5.37. The van der Waals surface area contributed by atoms with Gasteiger partial charge in [0.2, 0.25) is 5.91 Å². The Kier molecular flexibility index (Phi) is 3.92. The highest BCUT2D eigenvalue weighted by Crippen LogP contribution is 2.35. The Morgan fingerprint density at radius 3 is 2.50 bits per heavy atom. The monoisotopic (exact) mass is 295 g/mol. The first-order valence-electron chi connectivity index (χ1n) is 7.22. The number of ether oxygens (including phenoxy) is 1. The molecule has 1 aliphatic rings. The minimum absolute atomic E-state index is 0.239. The van der Waals surface area contributed by atoms with Crippen LogP contribution in [0.1, 0.15) is 17.0 Å². The van der Waals surface area contributed by atoms with Gasteiger partial charge in [0, 0.05) is 11.6 Å². The number of hydrogen-bond acceptors (Lipinski definition) is 3. The van der Waals surface area contributed by atoms with Crippen molar-refractivity contribution in [3.63, 3.8) is 0 Å². The molecule has 2 atom stereocenters. The number of benzene rings is 2. The smallest absolute Gasteiger partial charge is 0.318 e. The molecule has 3 rings (SSSR count). The third-order valence-electron chi connectivity index (χ3n) is 4.08. The molecule has 0 fully saturated rings. The molecule has 4 nitrogen and oxygen atoms in total. The molecule has 1 amide bonds. The second-order valence-corrected chi connectivity index (χ2v) is 5.37. The predicted molar refractivity (Wildman–Crippen MR) is 83.5 cm³/mol. The molecular formula is C18H17NO3. The van der Waals surface area contributed by atoms with Crippen molar-refractivity contribution in [2.45, 2.75) is 12.3 Å². The summed E-state index contributed by atoms with van der Waals surface area (Å²) in [6, 6.07) is 17.3. The van der Waals surface area contributed by atoms with E-state index >= 15 is 0 Å². The van der Waals surface area contributed by atoms with Gasteiger partial charge in [0.1, 0.15) is 5.92 Å². The summed E-state index contributed by atoms with van der Waals surface area (Å²) in [5.74, 6) is -1.90. The van der Waals surface area contributed by atoms with Crippen LogP contribution in [0.15, 0.2) is 54.6 Å². The Balaban J connectivity index is 2.09. The number of methoxy groups -OCH3 is 1. The lowest BCUT2D eigenvalue weighted by Gasteiger charge is -2.22. The third kappa shape index (κ3) is 2.60. The van der Waals surface area contributed by atoms with E-state index in [2.05, 4.69) is 5.32 Å². The summed E-state index contributed by atoms with van der Waals surface area (Å²) < 4.78 is 4.87. The number of amides is 1. The van der Waals surface area contributed by atoms with Crippen LogP contribution < -0.4 is 5.32 Å². The summed E-state index contributed by atoms with van der Waals surface area (Å²) in [6.45, 7) is 0. The van der Waals surface area contributed by atoms with Gasteiger partial charge >= 0.3 is 5.97 Å². The van der Waals surface area contributed by atoms with E-state index in [0.717, 1.165) is 16.8 Å². The fourth-order valence-corrected chi connectivity index (χ4v) is 2.98. The van der Waals surface area contributed by atoms with Gasteiger partial charge in [0.15, 0.2) is 0 Å². The van der Waals surface area contributed by atoms with Gasteiger partial charge in [-0.2, -0.15) is 0 Å². The van der Waals surface area contributed by atoms with Gasteiger partial charge in [-0.3, -0.25) is 9.59 Å². The average molecular weight is 295 g/mol. The molecule has 2 aromatic rings. The van der Waals surface area contributed by atoms with Crippen LogP contribution in [-0.4, -0.2) is 19.0 Å². The first-order chi connectivity index (χ1) is 10.7. The highest BCUT2D eigenvalue weighted by Gasteiger charge is 2.39. The molecule has 0 bridgehead atoms. The summed E-state index contributed by atoms with van der Waals surface area (Å²) in [6.07, 6.45) is 0.610. The van der Waals surface area contributed by atoms with Gasteiger partial charge in [-0.05, 0) is 23.6 Å². The maximum absolute atomic E-state index is 12.5. The van der Waals surface area contributed by atoms with Crippen LogP contribution >= 0.6 is 0 Å². The topological polar surface area (TPSA) is 55.4 Å². The van der Waals surface area contributed by atoms with Gasteiger partial charge in [0.05, 0.1) is 7.11 Å². The fraction of sp³-hybridized carbons (Fsp3) is 0.222. The largest absolute Gasteiger partial charge is 0.468 e. The Bertz CT molecular complexity index is 696. The van der Waals surface area contributed by atoms with Crippen molar-refractivity contribution in [1.82, 2.24) is 0 Å². The first-order valence-corrected chi connectivity index (χ1v) is 7.22. The van der Waals surface area contributed by atoms with Gasteiger partial charge in [-0.15, -0.1) is 0 Å². The number of anilines is 1. The van der Waals surface area contributed by atoms with E-state index in [1.807, 2.05) is 54.6 Å². The fourth-order valence-electron chi connectivity index (χ4n) is 2.98. The summed E-state index contributed by atoms with van der Waals surface area (Å²) in [5, 5.41) is 2.85. The summed E-state index contributed by atoms with van der Waals surface area (Å²) in [5.41, 5.74) is 2.75. The summed E-state index contributed by atoms with van der Waals surface area (Å²) in [7, 11) is 1.32. The number of hydrogen-bond donors (Lipinski definition) is 1. The molecule has 1 aliphatic heterocycles. The number of nitrogens with one attached hydrogen (secondary N) is 1. The standard InChI is InChI=1S/C18H17NO3/c1-22-18(21)16-14(12-7-3-2-4-8-12)11-13-9-5-6-10-15(13)19-17(16)20/h2-10,14,16H,11H2,1H3,(H,19,20). The van der Waals surface area contributed by atoms with Gasteiger partial charge in [0.25, 0.3) is 0 Å². The molecule has 4 heteroatoms. The Morgan fingerprint density at radius 1 is 1.09 bits per heavy atom. The lowest BCUT2D eigenvalue weighted by molar-refractivity contribution is -0.149. The second kappa shape index (κ2) is 6.02. The van der Waals surface area contributed by atoms with Crippen LogP contribution in [0.2, 0.25) is 0 Å². The summed E-state index contributed by atoms with van der Waals surface area (Å²) in [4.78, 5) is 24.7. The molecule has 112 valence electrons. The number of rotatable bonds is 2. The van der Waals surface area contributed by atoms with Crippen molar-refractivity contribution in [1.29, 1.82) is 0 Å². The van der Waals surface area contributed by atoms with Crippen LogP contribution in [0.4, 0.5) is 5.69 Å². The van der Waals surface area contributed by atoms with Gasteiger partial charge < -0.3 is 10.1 Å². The molecule has 0 radical (unpaired) electrons. The van der Waals surface area contributed by atoms with Gasteiger partial charge in [-0.25, -0.2) is 0 Å². The van der Waals surface area contributed by atoms with Crippen molar-refractivity contribution in [2.75, 3.05) is 12.4 Å². The number of carbonyl (C=O) groups is 2. The van der Waals surface area contributed by atoms with E-state index in [1.54, 1.807) is 0 Å². The molecule has 1 N–H and O–H groups in total. The van der Waals surface area contributed by atoms with Crippen LogP contribution in [-0.2, 0) is 20.7 Å². The zero-order valence-electron chi connectivity index (χ0n) is 12.3. The van der Waals surface area contributed by atoms with Gasteiger partial charge in [-0.1, -0.05) is 48.5 Å². The molecule has 1 heterocycles. The minimum atomic E-state index is -0.847. The number of para-hydroxylation sites is 1. The Labute approximate surface area is 129 Å². The van der Waals surface area contributed by atoms with Crippen molar-refractivity contribution in [2.24, 2.45) is 5.92 Å². The zero-order valence-corrected chi connectivity index (χ0v) is 12.3. The van der Waals surface area contributed by atoms with E-state index < -0.39 is 11.9 Å². The molecule has 2 unspecified atom stereocenters. The normalized spacial score (nSPS) is 20.5. The van der Waals surface area contributed by atoms with E-state index in [9.17, 15) is 9.59 Å². The van der Waals surface area contributed by atoms with Crippen LogP contribution in [0, 0.1) is 5.92 Å². The first kappa shape index (κ1) is 14.3. The molecule has 2 aromatic carbocycles. The molecular weight excluding hydrogens is 278 g/mol. The maximum Gasteiger partial charge on any atom is 0.318 e. The SMILES string of the molecule is COC(=O)C1C(=O)Nc2ccccc2CC1c1ccccc1. The quantitative estimate of drug-likeness (QED) is 0.684. The molecule has 0 saturated carbocycles. The lowest BCUT2D eigenvalue weighted by Crippen LogP contribution is -2.34. The van der Waals surface area contributed by atoms with E-state index in [4.69, 9.17) is 4.74 Å². The van der Waals surface area contributed by atoms with Crippen LogP contribution in [0.3, 0.4) is 0 Å². The van der Waals surface area contributed by atoms with Crippen LogP contribution in [0.5, 0.6) is 0 Å². The Hall–Kier alpha value is -2.62.